The zero-order valence-corrected chi connectivity index (χ0v) is 9.37. The summed E-state index contributed by atoms with van der Waals surface area (Å²) in [6, 6.07) is 8.64. The summed E-state index contributed by atoms with van der Waals surface area (Å²) in [6.07, 6.45) is 8.70. The summed E-state index contributed by atoms with van der Waals surface area (Å²) in [5, 5.41) is 7.56. The number of rotatable bonds is 4. The molecule has 0 N–H and O–H groups in total. The van der Waals surface area contributed by atoms with Gasteiger partial charge >= 0.3 is 0 Å². The van der Waals surface area contributed by atoms with E-state index in [1.807, 2.05) is 11.5 Å². The van der Waals surface area contributed by atoms with Gasteiger partial charge in [0.1, 0.15) is 12.7 Å². The molecule has 3 nitrogen and oxygen atoms in total. The van der Waals surface area contributed by atoms with Crippen LogP contribution in [0.4, 0.5) is 0 Å². The van der Waals surface area contributed by atoms with E-state index in [1.54, 1.807) is 12.7 Å². The van der Waals surface area contributed by atoms with Crippen molar-refractivity contribution in [3.05, 3.63) is 60.2 Å². The smallest absolute Gasteiger partial charge is 0.119 e. The van der Waals surface area contributed by atoms with E-state index >= 15 is 0 Å². The second kappa shape index (κ2) is 5.26. The summed E-state index contributed by atoms with van der Waals surface area (Å²) in [5.74, 6) is 0. The second-order valence-corrected chi connectivity index (χ2v) is 3.72. The fraction of sp³-hybridized carbons (Fsp3) is 0.231. The van der Waals surface area contributed by atoms with Gasteiger partial charge in [-0.1, -0.05) is 36.4 Å². The van der Waals surface area contributed by atoms with Crippen LogP contribution in [-0.2, 0) is 13.0 Å². The maximum absolute atomic E-state index is 3.78. The van der Waals surface area contributed by atoms with E-state index in [0.717, 1.165) is 13.0 Å². The molecule has 2 rings (SSSR count). The van der Waals surface area contributed by atoms with E-state index in [0.29, 0.717) is 0 Å². The lowest BCUT2D eigenvalue weighted by molar-refractivity contribution is 0.794. The van der Waals surface area contributed by atoms with Crippen molar-refractivity contribution >= 4 is 0 Å². The molecule has 3 heteroatoms. The monoisotopic (exact) mass is 213 g/mol. The maximum atomic E-state index is 3.78. The Labute approximate surface area is 95.5 Å². The number of benzene rings is 1. The molecule has 16 heavy (non-hydrogen) atoms. The Morgan fingerprint density at radius 1 is 1.06 bits per heavy atom. The van der Waals surface area contributed by atoms with E-state index in [4.69, 9.17) is 0 Å². The van der Waals surface area contributed by atoms with Crippen LogP contribution in [0, 0.1) is 0 Å². The molecule has 0 unspecified atom stereocenters. The van der Waals surface area contributed by atoms with Crippen LogP contribution in [0.2, 0.25) is 0 Å². The molecule has 0 amide bonds. The van der Waals surface area contributed by atoms with Crippen molar-refractivity contribution in [2.45, 2.75) is 19.9 Å². The molecule has 2 aromatic rings. The molecule has 82 valence electrons. The Kier molecular flexibility index (Phi) is 3.49. The number of hydrogen-bond donors (Lipinski definition) is 0. The van der Waals surface area contributed by atoms with Crippen molar-refractivity contribution < 1.29 is 0 Å². The summed E-state index contributed by atoms with van der Waals surface area (Å²) in [5.41, 5.74) is 2.61. The Hall–Kier alpha value is -1.90. The van der Waals surface area contributed by atoms with Crippen molar-refractivity contribution in [1.29, 1.82) is 0 Å². The Balaban J connectivity index is 2.02. The van der Waals surface area contributed by atoms with Crippen molar-refractivity contribution in [1.82, 2.24) is 14.8 Å². The van der Waals surface area contributed by atoms with Gasteiger partial charge in [-0.15, -0.1) is 10.2 Å². The minimum absolute atomic E-state index is 0.830. The predicted molar refractivity (Wildman–Crippen MR) is 64.1 cm³/mol. The fourth-order valence-corrected chi connectivity index (χ4v) is 1.55. The average molecular weight is 213 g/mol. The molecule has 1 aromatic carbocycles. The van der Waals surface area contributed by atoms with Gasteiger partial charge in [0.15, 0.2) is 0 Å². The molecular weight excluding hydrogens is 198 g/mol. The van der Waals surface area contributed by atoms with Crippen LogP contribution in [0.25, 0.3) is 0 Å². The van der Waals surface area contributed by atoms with Gasteiger partial charge < -0.3 is 4.57 Å². The van der Waals surface area contributed by atoms with Gasteiger partial charge in [-0.05, 0) is 24.5 Å². The maximum Gasteiger partial charge on any atom is 0.119 e. The van der Waals surface area contributed by atoms with Crippen molar-refractivity contribution in [3.8, 4) is 0 Å². The van der Waals surface area contributed by atoms with Gasteiger partial charge in [-0.25, -0.2) is 0 Å². The van der Waals surface area contributed by atoms with Crippen LogP contribution in [0.15, 0.2) is 49.1 Å². The standard InChI is InChI=1S/C13H15N3/c1-2-3-4-12-5-7-13(8-6-12)9-16-10-14-15-11-16/h2-3,5-8,10-11H,4,9H2,1H3/b3-2+. The van der Waals surface area contributed by atoms with Crippen LogP contribution < -0.4 is 0 Å². The molecule has 1 heterocycles. The van der Waals surface area contributed by atoms with Crippen LogP contribution in [0.5, 0.6) is 0 Å². The van der Waals surface area contributed by atoms with Gasteiger partial charge in [-0.2, -0.15) is 0 Å². The summed E-state index contributed by atoms with van der Waals surface area (Å²) >= 11 is 0. The molecule has 0 atom stereocenters. The number of hydrogen-bond acceptors (Lipinski definition) is 2. The molecule has 0 spiro atoms. The highest BCUT2D eigenvalue weighted by molar-refractivity contribution is 5.24. The van der Waals surface area contributed by atoms with Gasteiger partial charge in [0.05, 0.1) is 0 Å². The van der Waals surface area contributed by atoms with Crippen LogP contribution in [0.3, 0.4) is 0 Å². The molecule has 0 saturated carbocycles. The van der Waals surface area contributed by atoms with E-state index in [2.05, 4.69) is 46.6 Å². The molecule has 0 aliphatic rings. The highest BCUT2D eigenvalue weighted by Gasteiger charge is 1.95. The van der Waals surface area contributed by atoms with Crippen LogP contribution in [0.1, 0.15) is 18.1 Å². The molecule has 0 radical (unpaired) electrons. The minimum Gasteiger partial charge on any atom is -0.316 e. The Morgan fingerprint density at radius 3 is 2.31 bits per heavy atom. The Morgan fingerprint density at radius 2 is 1.69 bits per heavy atom. The normalized spacial score (nSPS) is 11.1. The zero-order chi connectivity index (χ0) is 11.2. The first kappa shape index (κ1) is 10.6. The molecule has 0 fully saturated rings. The van der Waals surface area contributed by atoms with Gasteiger partial charge in [0.2, 0.25) is 0 Å². The third-order valence-electron chi connectivity index (χ3n) is 2.44. The highest BCUT2D eigenvalue weighted by atomic mass is 15.2. The number of allylic oxidation sites excluding steroid dienone is 2. The fourth-order valence-electron chi connectivity index (χ4n) is 1.55. The lowest BCUT2D eigenvalue weighted by Crippen LogP contribution is -1.96. The summed E-state index contributed by atoms with van der Waals surface area (Å²) in [4.78, 5) is 0. The zero-order valence-electron chi connectivity index (χ0n) is 9.37. The second-order valence-electron chi connectivity index (χ2n) is 3.72. The van der Waals surface area contributed by atoms with Crippen molar-refractivity contribution in [2.75, 3.05) is 0 Å². The van der Waals surface area contributed by atoms with E-state index in [9.17, 15) is 0 Å². The third-order valence-corrected chi connectivity index (χ3v) is 2.44. The van der Waals surface area contributed by atoms with Crippen LogP contribution >= 0.6 is 0 Å². The van der Waals surface area contributed by atoms with E-state index < -0.39 is 0 Å². The largest absolute Gasteiger partial charge is 0.316 e. The molecule has 1 aromatic heterocycles. The number of aromatic nitrogens is 3. The molecular formula is C13H15N3. The van der Waals surface area contributed by atoms with E-state index in [1.165, 1.54) is 11.1 Å². The third kappa shape index (κ3) is 2.79. The first-order valence-electron chi connectivity index (χ1n) is 5.40. The minimum atomic E-state index is 0.830. The summed E-state index contributed by atoms with van der Waals surface area (Å²) < 4.78 is 1.96. The van der Waals surface area contributed by atoms with Gasteiger partial charge in [-0.3, -0.25) is 0 Å². The van der Waals surface area contributed by atoms with E-state index in [-0.39, 0.29) is 0 Å². The summed E-state index contributed by atoms with van der Waals surface area (Å²) in [7, 11) is 0. The first-order chi connectivity index (χ1) is 7.88. The van der Waals surface area contributed by atoms with Crippen LogP contribution in [-0.4, -0.2) is 14.8 Å². The predicted octanol–water partition coefficient (Wildman–Crippen LogP) is 2.45. The average Bonchev–Trinajstić information content (AvgIpc) is 2.81. The molecule has 0 saturated heterocycles. The quantitative estimate of drug-likeness (QED) is 0.730. The molecule has 0 bridgehead atoms. The van der Waals surface area contributed by atoms with Gasteiger partial charge in [0.25, 0.3) is 0 Å². The SMILES string of the molecule is C/C=C/Cc1ccc(Cn2cnnc2)cc1. The lowest BCUT2D eigenvalue weighted by atomic mass is 10.1. The van der Waals surface area contributed by atoms with Gasteiger partial charge in [0, 0.05) is 6.54 Å². The van der Waals surface area contributed by atoms with Crippen molar-refractivity contribution in [3.63, 3.8) is 0 Å². The topological polar surface area (TPSA) is 30.7 Å². The van der Waals surface area contributed by atoms with Crippen molar-refractivity contribution in [2.24, 2.45) is 0 Å². The molecule has 0 aliphatic heterocycles. The number of nitrogens with zero attached hydrogens (tertiary/aromatic N) is 3. The Bertz CT molecular complexity index is 441. The molecule has 0 aliphatic carbocycles. The lowest BCUT2D eigenvalue weighted by Gasteiger charge is -2.03. The first-order valence-corrected chi connectivity index (χ1v) is 5.40. The highest BCUT2D eigenvalue weighted by Crippen LogP contribution is 2.07. The summed E-state index contributed by atoms with van der Waals surface area (Å²) in [6.45, 7) is 2.87.